The number of fused-ring (bicyclic) bond motifs is 2. The normalized spacial score (nSPS) is 11.3. The number of nitrogens with zero attached hydrogens (tertiary/aromatic N) is 1. The number of aliphatic carboxylic acids is 1. The van der Waals surface area contributed by atoms with Crippen molar-refractivity contribution in [3.05, 3.63) is 70.5 Å². The lowest BCUT2D eigenvalue weighted by Gasteiger charge is -2.09. The monoisotopic (exact) mass is 383 g/mol. The zero-order chi connectivity index (χ0) is 19.1. The molecule has 0 aliphatic rings. The van der Waals surface area contributed by atoms with Gasteiger partial charge in [-0.15, -0.1) is 11.3 Å². The van der Waals surface area contributed by atoms with Crippen LogP contribution in [0.5, 0.6) is 0 Å². The standard InChI is InChI=1S/C20H14FNO4S/c21-12-5-6-17-14(7-12)11(10-27-17)9-22-16-4-2-1-3-13(16)15(8-18(23)24)19(22)20(25)26/h1-7,10H,8-9H2,(H,23,24)(H,25,26). The van der Waals surface area contributed by atoms with Gasteiger partial charge in [0, 0.05) is 33.1 Å². The van der Waals surface area contributed by atoms with Crippen LogP contribution in [0.3, 0.4) is 0 Å². The lowest BCUT2D eigenvalue weighted by molar-refractivity contribution is -0.136. The third-order valence-corrected chi connectivity index (χ3v) is 5.56. The summed E-state index contributed by atoms with van der Waals surface area (Å²) < 4.78 is 16.2. The lowest BCUT2D eigenvalue weighted by Crippen LogP contribution is -2.13. The van der Waals surface area contributed by atoms with Crippen molar-refractivity contribution in [2.45, 2.75) is 13.0 Å². The summed E-state index contributed by atoms with van der Waals surface area (Å²) in [6.07, 6.45) is -0.381. The number of halogens is 1. The quantitative estimate of drug-likeness (QED) is 0.536. The van der Waals surface area contributed by atoms with Crippen molar-refractivity contribution >= 4 is 44.3 Å². The molecule has 2 N–H and O–H groups in total. The molecule has 0 radical (unpaired) electrons. The molecule has 27 heavy (non-hydrogen) atoms. The van der Waals surface area contributed by atoms with E-state index in [1.54, 1.807) is 34.9 Å². The van der Waals surface area contributed by atoms with Gasteiger partial charge in [0.1, 0.15) is 11.5 Å². The van der Waals surface area contributed by atoms with E-state index in [1.807, 2.05) is 5.38 Å². The third-order valence-electron chi connectivity index (χ3n) is 4.55. The first kappa shape index (κ1) is 17.2. The van der Waals surface area contributed by atoms with Gasteiger partial charge in [-0.05, 0) is 35.2 Å². The molecule has 0 saturated carbocycles. The summed E-state index contributed by atoms with van der Waals surface area (Å²) in [4.78, 5) is 23.3. The number of hydrogen-bond donors (Lipinski definition) is 2. The number of benzene rings is 2. The molecular formula is C20H14FNO4S. The Morgan fingerprint density at radius 2 is 1.85 bits per heavy atom. The third kappa shape index (κ3) is 2.96. The Labute approximate surface area is 156 Å². The van der Waals surface area contributed by atoms with E-state index in [1.165, 1.54) is 23.5 Å². The summed E-state index contributed by atoms with van der Waals surface area (Å²) >= 11 is 1.46. The smallest absolute Gasteiger partial charge is 0.352 e. The molecule has 136 valence electrons. The van der Waals surface area contributed by atoms with E-state index in [0.29, 0.717) is 10.9 Å². The van der Waals surface area contributed by atoms with Crippen LogP contribution in [0.4, 0.5) is 4.39 Å². The van der Waals surface area contributed by atoms with Crippen LogP contribution in [0.25, 0.3) is 21.0 Å². The van der Waals surface area contributed by atoms with Gasteiger partial charge in [-0.1, -0.05) is 18.2 Å². The summed E-state index contributed by atoms with van der Waals surface area (Å²) in [7, 11) is 0. The highest BCUT2D eigenvalue weighted by molar-refractivity contribution is 7.17. The first-order chi connectivity index (χ1) is 13.0. The average Bonchev–Trinajstić information content (AvgIpc) is 3.15. The van der Waals surface area contributed by atoms with E-state index in [2.05, 4.69) is 0 Å². The van der Waals surface area contributed by atoms with E-state index >= 15 is 0 Å². The maximum atomic E-state index is 13.7. The number of hydrogen-bond acceptors (Lipinski definition) is 3. The molecule has 0 unspecified atom stereocenters. The Kier molecular flexibility index (Phi) is 4.16. The van der Waals surface area contributed by atoms with Crippen molar-refractivity contribution in [2.24, 2.45) is 0 Å². The summed E-state index contributed by atoms with van der Waals surface area (Å²) in [5, 5.41) is 22.2. The number of carboxylic acid groups (broad SMARTS) is 2. The van der Waals surface area contributed by atoms with Crippen molar-refractivity contribution in [3.8, 4) is 0 Å². The molecule has 0 bridgehead atoms. The number of aromatic nitrogens is 1. The maximum Gasteiger partial charge on any atom is 0.352 e. The minimum absolute atomic E-state index is 0.0469. The van der Waals surface area contributed by atoms with Crippen molar-refractivity contribution in [2.75, 3.05) is 0 Å². The van der Waals surface area contributed by atoms with Crippen LogP contribution in [-0.4, -0.2) is 26.7 Å². The maximum absolute atomic E-state index is 13.7. The van der Waals surface area contributed by atoms with Crippen LogP contribution < -0.4 is 0 Å². The van der Waals surface area contributed by atoms with Gasteiger partial charge in [0.25, 0.3) is 0 Å². The van der Waals surface area contributed by atoms with E-state index in [-0.39, 0.29) is 30.0 Å². The van der Waals surface area contributed by atoms with Gasteiger partial charge in [0.2, 0.25) is 0 Å². The molecule has 2 aromatic carbocycles. The van der Waals surface area contributed by atoms with Crippen LogP contribution in [0.2, 0.25) is 0 Å². The van der Waals surface area contributed by atoms with Crippen LogP contribution >= 0.6 is 11.3 Å². The minimum Gasteiger partial charge on any atom is -0.481 e. The molecule has 0 saturated heterocycles. The minimum atomic E-state index is -1.19. The molecule has 0 atom stereocenters. The zero-order valence-corrected chi connectivity index (χ0v) is 14.8. The van der Waals surface area contributed by atoms with Crippen molar-refractivity contribution in [1.29, 1.82) is 0 Å². The lowest BCUT2D eigenvalue weighted by atomic mass is 10.1. The number of para-hydroxylation sites is 1. The second-order valence-corrected chi connectivity index (χ2v) is 7.12. The number of thiophene rings is 1. The fourth-order valence-corrected chi connectivity index (χ4v) is 4.40. The largest absolute Gasteiger partial charge is 0.481 e. The molecule has 0 aliphatic heterocycles. The van der Waals surface area contributed by atoms with Gasteiger partial charge in [-0.25, -0.2) is 9.18 Å². The topological polar surface area (TPSA) is 79.5 Å². The van der Waals surface area contributed by atoms with Crippen LogP contribution in [0.15, 0.2) is 47.8 Å². The number of carboxylic acids is 2. The molecule has 0 fully saturated rings. The predicted molar refractivity (Wildman–Crippen MR) is 101 cm³/mol. The van der Waals surface area contributed by atoms with Gasteiger partial charge >= 0.3 is 11.9 Å². The summed E-state index contributed by atoms with van der Waals surface area (Å²) in [6, 6.07) is 11.5. The highest BCUT2D eigenvalue weighted by Crippen LogP contribution is 2.32. The number of aromatic carboxylic acids is 1. The molecule has 4 rings (SSSR count). The van der Waals surface area contributed by atoms with Gasteiger partial charge in [0.05, 0.1) is 6.42 Å². The predicted octanol–water partition coefficient (Wildman–Crippen LogP) is 4.37. The average molecular weight is 383 g/mol. The van der Waals surface area contributed by atoms with Gasteiger partial charge in [-0.3, -0.25) is 4.79 Å². The number of carbonyl (C=O) groups is 2. The molecular weight excluding hydrogens is 369 g/mol. The second-order valence-electron chi connectivity index (χ2n) is 6.21. The Bertz CT molecular complexity index is 1210. The Morgan fingerprint density at radius 1 is 1.07 bits per heavy atom. The molecule has 5 nitrogen and oxygen atoms in total. The first-order valence-corrected chi connectivity index (χ1v) is 9.04. The molecule has 7 heteroatoms. The Morgan fingerprint density at radius 3 is 2.59 bits per heavy atom. The Balaban J connectivity index is 1.95. The molecule has 2 heterocycles. The fourth-order valence-electron chi connectivity index (χ4n) is 3.46. The summed E-state index contributed by atoms with van der Waals surface area (Å²) in [6.45, 7) is 0.214. The zero-order valence-electron chi connectivity index (χ0n) is 14.0. The molecule has 0 spiro atoms. The van der Waals surface area contributed by atoms with Gasteiger partial charge < -0.3 is 14.8 Å². The molecule has 4 aromatic rings. The Hall–Kier alpha value is -3.19. The summed E-state index contributed by atoms with van der Waals surface area (Å²) in [5.41, 5.74) is 1.66. The van der Waals surface area contributed by atoms with Crippen LogP contribution in [-0.2, 0) is 17.8 Å². The summed E-state index contributed by atoms with van der Waals surface area (Å²) in [5.74, 6) is -2.64. The number of rotatable bonds is 5. The van der Waals surface area contributed by atoms with Crippen molar-refractivity contribution in [3.63, 3.8) is 0 Å². The SMILES string of the molecule is O=C(O)Cc1c(C(=O)O)n(Cc2csc3ccc(F)cc23)c2ccccc12. The van der Waals surface area contributed by atoms with E-state index in [4.69, 9.17) is 0 Å². The van der Waals surface area contributed by atoms with Gasteiger partial charge in [-0.2, -0.15) is 0 Å². The van der Waals surface area contributed by atoms with E-state index < -0.39 is 11.9 Å². The molecule has 0 amide bonds. The van der Waals surface area contributed by atoms with Crippen molar-refractivity contribution in [1.82, 2.24) is 4.57 Å². The van der Waals surface area contributed by atoms with Gasteiger partial charge in [0.15, 0.2) is 0 Å². The van der Waals surface area contributed by atoms with E-state index in [0.717, 1.165) is 15.6 Å². The van der Waals surface area contributed by atoms with Crippen molar-refractivity contribution < 1.29 is 24.2 Å². The highest BCUT2D eigenvalue weighted by atomic mass is 32.1. The molecule has 0 aliphatic carbocycles. The first-order valence-electron chi connectivity index (χ1n) is 8.16. The molecule has 2 aromatic heterocycles. The highest BCUT2D eigenvalue weighted by Gasteiger charge is 2.24. The van der Waals surface area contributed by atoms with Crippen LogP contribution in [0, 0.1) is 5.82 Å². The van der Waals surface area contributed by atoms with E-state index in [9.17, 15) is 24.2 Å². The second kappa shape index (κ2) is 6.51. The van der Waals surface area contributed by atoms with Crippen LogP contribution in [0.1, 0.15) is 21.6 Å². The fraction of sp³-hybridized carbons (Fsp3) is 0.100.